The number of para-hydroxylation sites is 1. The van der Waals surface area contributed by atoms with Gasteiger partial charge in [-0.2, -0.15) is 0 Å². The van der Waals surface area contributed by atoms with E-state index in [1.807, 2.05) is 19.1 Å². The molecule has 1 aliphatic rings. The summed E-state index contributed by atoms with van der Waals surface area (Å²) < 4.78 is 2.30. The number of benzene rings is 1. The van der Waals surface area contributed by atoms with Crippen LogP contribution in [-0.2, 0) is 4.79 Å². The third-order valence-corrected chi connectivity index (χ3v) is 3.98. The Morgan fingerprint density at radius 1 is 1.58 bits per heavy atom. The number of carbonyl (C=O) groups is 1. The van der Waals surface area contributed by atoms with Crippen LogP contribution in [0.1, 0.15) is 25.8 Å². The van der Waals surface area contributed by atoms with Gasteiger partial charge in [-0.05, 0) is 44.1 Å². The van der Waals surface area contributed by atoms with Crippen molar-refractivity contribution in [2.24, 2.45) is 0 Å². The number of amides is 1. The molecule has 1 aromatic heterocycles. The zero-order valence-corrected chi connectivity index (χ0v) is 12.0. The predicted octanol–water partition coefficient (Wildman–Crippen LogP) is 3.19. The van der Waals surface area contributed by atoms with E-state index >= 15 is 0 Å². The van der Waals surface area contributed by atoms with E-state index in [0.717, 1.165) is 23.9 Å². The van der Waals surface area contributed by atoms with Crippen LogP contribution in [-0.4, -0.2) is 21.5 Å². The number of nitrogens with zero attached hydrogens (tertiary/aromatic N) is 1. The van der Waals surface area contributed by atoms with Crippen LogP contribution >= 0.6 is 23.8 Å². The van der Waals surface area contributed by atoms with Gasteiger partial charge in [0.1, 0.15) is 6.04 Å². The topological polar surface area (TPSA) is 49.8 Å². The Bertz CT molecular complexity index is 701. The van der Waals surface area contributed by atoms with Gasteiger partial charge in [0.05, 0.1) is 16.1 Å². The van der Waals surface area contributed by atoms with E-state index in [1.54, 1.807) is 10.6 Å². The highest BCUT2D eigenvalue weighted by atomic mass is 35.5. The number of imidazole rings is 1. The fourth-order valence-corrected chi connectivity index (χ4v) is 2.80. The first-order chi connectivity index (χ1) is 9.08. The van der Waals surface area contributed by atoms with Gasteiger partial charge in [0, 0.05) is 6.04 Å². The number of aromatic nitrogens is 2. The van der Waals surface area contributed by atoms with Gasteiger partial charge in [-0.25, -0.2) is 0 Å². The molecule has 0 bridgehead atoms. The molecule has 1 aliphatic carbocycles. The lowest BCUT2D eigenvalue weighted by Gasteiger charge is -2.15. The zero-order chi connectivity index (χ0) is 13.6. The molecule has 1 fully saturated rings. The number of H-pyrrole nitrogens is 1. The molecule has 3 rings (SSSR count). The van der Waals surface area contributed by atoms with Crippen molar-refractivity contribution in [1.29, 1.82) is 0 Å². The summed E-state index contributed by atoms with van der Waals surface area (Å²) in [5.74, 6) is -0.0144. The second-order valence-electron chi connectivity index (χ2n) is 4.89. The number of carbonyl (C=O) groups excluding carboxylic acids is 1. The van der Waals surface area contributed by atoms with Gasteiger partial charge in [0.2, 0.25) is 5.91 Å². The molecule has 4 nitrogen and oxygen atoms in total. The second kappa shape index (κ2) is 4.65. The number of hydrogen-bond donors (Lipinski definition) is 2. The first-order valence-electron chi connectivity index (χ1n) is 6.27. The van der Waals surface area contributed by atoms with Gasteiger partial charge < -0.3 is 14.9 Å². The minimum atomic E-state index is -0.373. The summed E-state index contributed by atoms with van der Waals surface area (Å²) in [6.07, 6.45) is 2.14. The zero-order valence-electron chi connectivity index (χ0n) is 10.4. The molecule has 0 spiro atoms. The quantitative estimate of drug-likeness (QED) is 0.855. The van der Waals surface area contributed by atoms with E-state index in [2.05, 4.69) is 10.3 Å². The Kier molecular flexibility index (Phi) is 3.11. The molecule has 1 heterocycles. The lowest BCUT2D eigenvalue weighted by Crippen LogP contribution is -2.32. The van der Waals surface area contributed by atoms with Crippen LogP contribution in [0.2, 0.25) is 5.02 Å². The van der Waals surface area contributed by atoms with Crippen molar-refractivity contribution in [2.45, 2.75) is 31.8 Å². The maximum Gasteiger partial charge on any atom is 0.243 e. The molecule has 1 saturated carbocycles. The van der Waals surface area contributed by atoms with E-state index < -0.39 is 0 Å². The second-order valence-corrected chi connectivity index (χ2v) is 5.69. The Morgan fingerprint density at radius 2 is 2.32 bits per heavy atom. The number of halogens is 1. The number of aromatic amines is 1. The maximum absolute atomic E-state index is 12.2. The summed E-state index contributed by atoms with van der Waals surface area (Å²) in [5, 5.41) is 3.58. The molecule has 100 valence electrons. The molecule has 0 aliphatic heterocycles. The summed E-state index contributed by atoms with van der Waals surface area (Å²) >= 11 is 11.5. The molecular formula is C13H14ClN3OS. The van der Waals surface area contributed by atoms with Gasteiger partial charge in [-0.1, -0.05) is 17.7 Å². The van der Waals surface area contributed by atoms with Crippen molar-refractivity contribution in [3.63, 3.8) is 0 Å². The molecule has 1 atom stereocenters. The Balaban J connectivity index is 2.05. The summed E-state index contributed by atoms with van der Waals surface area (Å²) in [6, 6.07) is 5.52. The first kappa shape index (κ1) is 12.7. The average Bonchev–Trinajstić information content (AvgIpc) is 3.10. The van der Waals surface area contributed by atoms with Crippen molar-refractivity contribution in [3.8, 4) is 0 Å². The third kappa shape index (κ3) is 2.28. The lowest BCUT2D eigenvalue weighted by molar-refractivity contribution is -0.123. The van der Waals surface area contributed by atoms with Crippen LogP contribution in [0.15, 0.2) is 18.2 Å². The van der Waals surface area contributed by atoms with Crippen LogP contribution in [0, 0.1) is 4.77 Å². The lowest BCUT2D eigenvalue weighted by atomic mass is 10.2. The van der Waals surface area contributed by atoms with Gasteiger partial charge in [0.25, 0.3) is 0 Å². The van der Waals surface area contributed by atoms with Crippen molar-refractivity contribution in [1.82, 2.24) is 14.9 Å². The minimum absolute atomic E-state index is 0.0144. The summed E-state index contributed by atoms with van der Waals surface area (Å²) in [7, 11) is 0. The summed E-state index contributed by atoms with van der Waals surface area (Å²) in [6.45, 7) is 1.84. The Labute approximate surface area is 120 Å². The van der Waals surface area contributed by atoms with Crippen molar-refractivity contribution >= 4 is 40.8 Å². The smallest absolute Gasteiger partial charge is 0.243 e. The van der Waals surface area contributed by atoms with Crippen molar-refractivity contribution in [2.75, 3.05) is 0 Å². The molecule has 19 heavy (non-hydrogen) atoms. The van der Waals surface area contributed by atoms with Gasteiger partial charge in [-0.3, -0.25) is 4.79 Å². The van der Waals surface area contributed by atoms with Crippen LogP contribution in [0.3, 0.4) is 0 Å². The van der Waals surface area contributed by atoms with E-state index in [9.17, 15) is 4.79 Å². The van der Waals surface area contributed by atoms with E-state index in [-0.39, 0.29) is 11.9 Å². The standard InChI is InChI=1S/C13H14ClN3OS/c1-7(12(18)15-8-5-6-8)17-11-9(14)3-2-4-10(11)16-13(17)19/h2-4,7-8H,5-6H2,1H3,(H,15,18)(H,16,19). The van der Waals surface area contributed by atoms with E-state index in [4.69, 9.17) is 23.8 Å². The van der Waals surface area contributed by atoms with Gasteiger partial charge in [0.15, 0.2) is 4.77 Å². The van der Waals surface area contributed by atoms with Gasteiger partial charge >= 0.3 is 0 Å². The molecule has 1 amide bonds. The Hall–Kier alpha value is -1.33. The normalized spacial score (nSPS) is 16.5. The van der Waals surface area contributed by atoms with Crippen LogP contribution in [0.5, 0.6) is 0 Å². The number of rotatable bonds is 3. The summed E-state index contributed by atoms with van der Waals surface area (Å²) in [4.78, 5) is 15.2. The monoisotopic (exact) mass is 295 g/mol. The van der Waals surface area contributed by atoms with Crippen molar-refractivity contribution < 1.29 is 4.79 Å². The SMILES string of the molecule is CC(C(=O)NC1CC1)n1c(=S)[nH]c2cccc(Cl)c21. The van der Waals surface area contributed by atoms with Gasteiger partial charge in [-0.15, -0.1) is 0 Å². The highest BCUT2D eigenvalue weighted by Crippen LogP contribution is 2.27. The highest BCUT2D eigenvalue weighted by molar-refractivity contribution is 7.71. The molecule has 0 radical (unpaired) electrons. The fraction of sp³-hybridized carbons (Fsp3) is 0.385. The van der Waals surface area contributed by atoms with Crippen molar-refractivity contribution in [3.05, 3.63) is 28.0 Å². The highest BCUT2D eigenvalue weighted by Gasteiger charge is 2.27. The molecule has 2 aromatic rings. The number of hydrogen-bond acceptors (Lipinski definition) is 2. The average molecular weight is 296 g/mol. The largest absolute Gasteiger partial charge is 0.352 e. The first-order valence-corrected chi connectivity index (χ1v) is 7.05. The molecule has 6 heteroatoms. The number of nitrogens with one attached hydrogen (secondary N) is 2. The van der Waals surface area contributed by atoms with Crippen LogP contribution in [0.4, 0.5) is 0 Å². The summed E-state index contributed by atoms with van der Waals surface area (Å²) in [5.41, 5.74) is 1.64. The van der Waals surface area contributed by atoms with Crippen LogP contribution < -0.4 is 5.32 Å². The fourth-order valence-electron chi connectivity index (χ4n) is 2.17. The number of fused-ring (bicyclic) bond motifs is 1. The molecular weight excluding hydrogens is 282 g/mol. The molecule has 2 N–H and O–H groups in total. The minimum Gasteiger partial charge on any atom is -0.352 e. The molecule has 1 unspecified atom stereocenters. The third-order valence-electron chi connectivity index (χ3n) is 3.38. The van der Waals surface area contributed by atoms with E-state index in [1.165, 1.54) is 0 Å². The predicted molar refractivity (Wildman–Crippen MR) is 78.0 cm³/mol. The van der Waals surface area contributed by atoms with Crippen LogP contribution in [0.25, 0.3) is 11.0 Å². The molecule has 1 aromatic carbocycles. The van der Waals surface area contributed by atoms with E-state index in [0.29, 0.717) is 15.8 Å². The molecule has 0 saturated heterocycles. The Morgan fingerprint density at radius 3 is 3.00 bits per heavy atom. The maximum atomic E-state index is 12.2.